The summed E-state index contributed by atoms with van der Waals surface area (Å²) in [6.45, 7) is 0. The van der Waals surface area contributed by atoms with Gasteiger partial charge in [0.05, 0.1) is 4.92 Å². The summed E-state index contributed by atoms with van der Waals surface area (Å²) in [5.74, 6) is -1.59. The van der Waals surface area contributed by atoms with E-state index in [4.69, 9.17) is 9.84 Å². The normalized spacial score (nSPS) is 10.0. The quantitative estimate of drug-likeness (QED) is 0.664. The minimum absolute atomic E-state index is 0.109. The fourth-order valence-corrected chi connectivity index (χ4v) is 1.68. The second kappa shape index (κ2) is 4.75. The van der Waals surface area contributed by atoms with E-state index < -0.39 is 22.1 Å². The highest BCUT2D eigenvalue weighted by molar-refractivity contribution is 7.07. The van der Waals surface area contributed by atoms with Crippen LogP contribution in [0.25, 0.3) is 0 Å². The van der Waals surface area contributed by atoms with E-state index in [0.717, 1.165) is 17.6 Å². The first-order valence-electron chi connectivity index (χ1n) is 4.55. The second-order valence-corrected chi connectivity index (χ2v) is 3.76. The van der Waals surface area contributed by atoms with Gasteiger partial charge in [0.2, 0.25) is 0 Å². The lowest BCUT2D eigenvalue weighted by Gasteiger charge is -2.05. The Kier molecular flexibility index (Phi) is 3.15. The van der Waals surface area contributed by atoms with E-state index >= 15 is 0 Å². The Morgan fingerprint density at radius 1 is 1.50 bits per heavy atom. The number of benzene rings is 1. The molecule has 8 nitrogen and oxygen atoms in total. The zero-order valence-corrected chi connectivity index (χ0v) is 9.46. The Hall–Kier alpha value is -2.55. The van der Waals surface area contributed by atoms with Gasteiger partial charge in [-0.2, -0.15) is 9.36 Å². The number of ether oxygens (including phenoxy) is 1. The van der Waals surface area contributed by atoms with Crippen molar-refractivity contribution in [3.8, 4) is 10.9 Å². The van der Waals surface area contributed by atoms with Gasteiger partial charge in [-0.05, 0) is 6.07 Å². The molecule has 0 fully saturated rings. The number of aromatic nitrogens is 2. The van der Waals surface area contributed by atoms with Gasteiger partial charge in [0.25, 0.3) is 10.9 Å². The van der Waals surface area contributed by atoms with E-state index in [1.54, 1.807) is 0 Å². The van der Waals surface area contributed by atoms with Crippen LogP contribution in [-0.2, 0) is 0 Å². The molecule has 0 aliphatic rings. The maximum Gasteiger partial charge on any atom is 0.346 e. The highest BCUT2D eigenvalue weighted by Crippen LogP contribution is 2.31. The number of rotatable bonds is 4. The summed E-state index contributed by atoms with van der Waals surface area (Å²) in [6, 6.07) is 3.75. The molecule has 0 unspecified atom stereocenters. The highest BCUT2D eigenvalue weighted by atomic mass is 32.1. The van der Waals surface area contributed by atoms with E-state index in [9.17, 15) is 14.9 Å². The third-order valence-electron chi connectivity index (χ3n) is 1.95. The van der Waals surface area contributed by atoms with Crippen LogP contribution in [0, 0.1) is 10.1 Å². The monoisotopic (exact) mass is 267 g/mol. The van der Waals surface area contributed by atoms with Crippen LogP contribution in [0.15, 0.2) is 24.5 Å². The van der Waals surface area contributed by atoms with Crippen molar-refractivity contribution >= 4 is 23.2 Å². The molecule has 92 valence electrons. The first kappa shape index (κ1) is 11.9. The van der Waals surface area contributed by atoms with Gasteiger partial charge in [0, 0.05) is 17.6 Å². The summed E-state index contributed by atoms with van der Waals surface area (Å²) in [5.41, 5.74) is -1.05. The summed E-state index contributed by atoms with van der Waals surface area (Å²) < 4.78 is 8.84. The number of aromatic carboxylic acids is 1. The summed E-state index contributed by atoms with van der Waals surface area (Å²) in [5, 5.41) is 19.9. The molecule has 0 aliphatic heterocycles. The second-order valence-electron chi connectivity index (χ2n) is 3.02. The molecule has 1 aromatic carbocycles. The number of carboxylic acid groups (broad SMARTS) is 1. The van der Waals surface area contributed by atoms with E-state index in [1.807, 2.05) is 0 Å². The van der Waals surface area contributed by atoms with Gasteiger partial charge < -0.3 is 9.84 Å². The minimum atomic E-state index is -1.44. The molecular formula is C9H5N3O5S. The number of nitro groups is 1. The Labute approximate surface area is 104 Å². The van der Waals surface area contributed by atoms with E-state index in [1.165, 1.54) is 18.5 Å². The molecule has 2 aromatic rings. The summed E-state index contributed by atoms with van der Waals surface area (Å²) in [4.78, 5) is 24.7. The fraction of sp³-hybridized carbons (Fsp3) is 0. The molecule has 0 aliphatic carbocycles. The SMILES string of the molecule is O=C(O)c1c(Oc2ncns2)cccc1[N+](=O)[O-]. The summed E-state index contributed by atoms with van der Waals surface area (Å²) in [6.07, 6.45) is 1.23. The molecule has 0 atom stereocenters. The van der Waals surface area contributed by atoms with Gasteiger partial charge in [-0.25, -0.2) is 4.79 Å². The molecule has 0 amide bonds. The zero-order chi connectivity index (χ0) is 13.1. The van der Waals surface area contributed by atoms with Crippen LogP contribution in [0.2, 0.25) is 0 Å². The van der Waals surface area contributed by atoms with Gasteiger partial charge in [-0.15, -0.1) is 0 Å². The van der Waals surface area contributed by atoms with Crippen LogP contribution >= 0.6 is 11.5 Å². The Morgan fingerprint density at radius 3 is 2.83 bits per heavy atom. The van der Waals surface area contributed by atoms with Crippen LogP contribution < -0.4 is 4.74 Å². The molecule has 0 radical (unpaired) electrons. The van der Waals surface area contributed by atoms with Gasteiger partial charge in [-0.3, -0.25) is 10.1 Å². The van der Waals surface area contributed by atoms with Crippen LogP contribution in [0.1, 0.15) is 10.4 Å². The van der Waals surface area contributed by atoms with Crippen molar-refractivity contribution in [1.82, 2.24) is 9.36 Å². The molecule has 0 bridgehead atoms. The molecule has 9 heteroatoms. The predicted octanol–water partition coefficient (Wildman–Crippen LogP) is 1.94. The van der Waals surface area contributed by atoms with E-state index in [-0.39, 0.29) is 10.9 Å². The summed E-state index contributed by atoms with van der Waals surface area (Å²) in [7, 11) is 0. The van der Waals surface area contributed by atoms with Gasteiger partial charge >= 0.3 is 5.97 Å². The van der Waals surface area contributed by atoms with Crippen molar-refractivity contribution < 1.29 is 19.6 Å². The Bertz CT molecular complexity index is 598. The maximum atomic E-state index is 11.1. The third kappa shape index (κ3) is 2.25. The molecule has 1 N–H and O–H groups in total. The lowest BCUT2D eigenvalue weighted by Crippen LogP contribution is -2.05. The molecule has 2 rings (SSSR count). The van der Waals surface area contributed by atoms with Crippen molar-refractivity contribution in [3.05, 3.63) is 40.2 Å². The first-order chi connectivity index (χ1) is 8.59. The molecule has 0 saturated carbocycles. The molecule has 1 heterocycles. The van der Waals surface area contributed by atoms with Gasteiger partial charge in [0.15, 0.2) is 11.3 Å². The van der Waals surface area contributed by atoms with Crippen LogP contribution in [0.5, 0.6) is 10.9 Å². The standard InChI is InChI=1S/C9H5N3O5S/c13-8(14)7-5(12(15)16)2-1-3-6(7)17-9-10-4-11-18-9/h1-4H,(H,13,14). The van der Waals surface area contributed by atoms with Gasteiger partial charge in [0.1, 0.15) is 6.33 Å². The predicted molar refractivity (Wildman–Crippen MR) is 60.0 cm³/mol. The zero-order valence-electron chi connectivity index (χ0n) is 8.64. The first-order valence-corrected chi connectivity index (χ1v) is 5.32. The summed E-state index contributed by atoms with van der Waals surface area (Å²) >= 11 is 0.906. The minimum Gasteiger partial charge on any atom is -0.477 e. The lowest BCUT2D eigenvalue weighted by atomic mass is 10.1. The fourth-order valence-electron chi connectivity index (χ4n) is 1.27. The molecule has 1 aromatic heterocycles. The number of nitrogens with zero attached hydrogens (tertiary/aromatic N) is 3. The highest BCUT2D eigenvalue weighted by Gasteiger charge is 2.25. The average Bonchev–Trinajstić information content (AvgIpc) is 2.81. The van der Waals surface area contributed by atoms with Gasteiger partial charge in [-0.1, -0.05) is 6.07 Å². The number of hydrogen-bond donors (Lipinski definition) is 1. The maximum absolute atomic E-state index is 11.1. The molecular weight excluding hydrogens is 262 g/mol. The average molecular weight is 267 g/mol. The number of carboxylic acids is 1. The Morgan fingerprint density at radius 2 is 2.28 bits per heavy atom. The molecule has 0 saturated heterocycles. The number of carbonyl (C=O) groups is 1. The number of hydrogen-bond acceptors (Lipinski definition) is 7. The smallest absolute Gasteiger partial charge is 0.346 e. The van der Waals surface area contributed by atoms with Crippen molar-refractivity contribution in [2.45, 2.75) is 0 Å². The largest absolute Gasteiger partial charge is 0.477 e. The van der Waals surface area contributed by atoms with Crippen LogP contribution in [0.4, 0.5) is 5.69 Å². The molecule has 0 spiro atoms. The van der Waals surface area contributed by atoms with E-state index in [2.05, 4.69) is 9.36 Å². The topological polar surface area (TPSA) is 115 Å². The van der Waals surface area contributed by atoms with Crippen LogP contribution in [0.3, 0.4) is 0 Å². The lowest BCUT2D eigenvalue weighted by molar-refractivity contribution is -0.385. The van der Waals surface area contributed by atoms with Crippen molar-refractivity contribution in [2.24, 2.45) is 0 Å². The third-order valence-corrected chi connectivity index (χ3v) is 2.50. The van der Waals surface area contributed by atoms with Crippen molar-refractivity contribution in [2.75, 3.05) is 0 Å². The van der Waals surface area contributed by atoms with Crippen molar-refractivity contribution in [3.63, 3.8) is 0 Å². The van der Waals surface area contributed by atoms with Crippen molar-refractivity contribution in [1.29, 1.82) is 0 Å². The number of nitro benzene ring substituents is 1. The Balaban J connectivity index is 2.49. The van der Waals surface area contributed by atoms with Crippen LogP contribution in [-0.4, -0.2) is 25.4 Å². The molecule has 18 heavy (non-hydrogen) atoms. The van der Waals surface area contributed by atoms with E-state index in [0.29, 0.717) is 0 Å².